The van der Waals surface area contributed by atoms with Gasteiger partial charge in [-0.05, 0) is 39.9 Å². The monoisotopic (exact) mass is 305 g/mol. The predicted octanol–water partition coefficient (Wildman–Crippen LogP) is 4.25. The van der Waals surface area contributed by atoms with Crippen molar-refractivity contribution in [3.63, 3.8) is 0 Å². The fourth-order valence-corrected chi connectivity index (χ4v) is 3.02. The van der Waals surface area contributed by atoms with Gasteiger partial charge in [-0.15, -0.1) is 11.3 Å². The number of fused-ring (bicyclic) bond motifs is 1. The van der Waals surface area contributed by atoms with Crippen LogP contribution < -0.4 is 0 Å². The van der Waals surface area contributed by atoms with Gasteiger partial charge in [-0.2, -0.15) is 0 Å². The molecule has 0 saturated carbocycles. The van der Waals surface area contributed by atoms with E-state index >= 15 is 0 Å². The third kappa shape index (κ3) is 2.34. The molecule has 3 aromatic rings. The molecule has 0 aliphatic carbocycles. The van der Waals surface area contributed by atoms with Gasteiger partial charge >= 0.3 is 5.97 Å². The molecular formula is C18H11NO2S. The van der Waals surface area contributed by atoms with E-state index in [1.807, 2.05) is 53.9 Å². The molecule has 22 heavy (non-hydrogen) atoms. The molecule has 0 radical (unpaired) electrons. The average molecular weight is 305 g/mol. The van der Waals surface area contributed by atoms with E-state index in [-0.39, 0.29) is 0 Å². The topological polar surface area (TPSA) is 38.7 Å². The molecule has 0 amide bonds. The number of aliphatic imine (C=N–C) groups is 1. The molecule has 0 fully saturated rings. The second-order valence-corrected chi connectivity index (χ2v) is 5.87. The summed E-state index contributed by atoms with van der Waals surface area (Å²) < 4.78 is 5.23. The SMILES string of the molecule is O=C1OC(c2cccs2)=N/C1=C\c1ccc2ccccc2c1. The van der Waals surface area contributed by atoms with Gasteiger partial charge in [0.05, 0.1) is 4.88 Å². The maximum atomic E-state index is 11.9. The van der Waals surface area contributed by atoms with Crippen molar-refractivity contribution in [3.05, 3.63) is 76.1 Å². The van der Waals surface area contributed by atoms with Crippen LogP contribution in [-0.2, 0) is 9.53 Å². The van der Waals surface area contributed by atoms with E-state index in [1.54, 1.807) is 6.08 Å². The van der Waals surface area contributed by atoms with Crippen molar-refractivity contribution in [2.75, 3.05) is 0 Å². The number of carbonyl (C=O) groups excluding carboxylic acids is 1. The van der Waals surface area contributed by atoms with Gasteiger partial charge < -0.3 is 4.74 Å². The van der Waals surface area contributed by atoms with E-state index in [1.165, 1.54) is 16.7 Å². The van der Waals surface area contributed by atoms with Crippen LogP contribution >= 0.6 is 11.3 Å². The largest absolute Gasteiger partial charge is 0.401 e. The zero-order valence-electron chi connectivity index (χ0n) is 11.5. The quantitative estimate of drug-likeness (QED) is 0.524. The van der Waals surface area contributed by atoms with Gasteiger partial charge in [-0.1, -0.05) is 42.5 Å². The third-order valence-electron chi connectivity index (χ3n) is 3.43. The number of nitrogens with zero attached hydrogens (tertiary/aromatic N) is 1. The number of carbonyl (C=O) groups is 1. The number of hydrogen-bond acceptors (Lipinski definition) is 4. The zero-order valence-corrected chi connectivity index (χ0v) is 12.3. The Morgan fingerprint density at radius 3 is 2.68 bits per heavy atom. The first-order valence-corrected chi connectivity index (χ1v) is 7.73. The Labute approximate surface area is 131 Å². The Bertz CT molecular complexity index is 923. The van der Waals surface area contributed by atoms with Gasteiger partial charge in [-0.25, -0.2) is 9.79 Å². The molecule has 3 nitrogen and oxygen atoms in total. The molecule has 0 N–H and O–H groups in total. The highest BCUT2D eigenvalue weighted by atomic mass is 32.1. The van der Waals surface area contributed by atoms with Crippen LogP contribution in [-0.4, -0.2) is 11.9 Å². The number of esters is 1. The first-order valence-electron chi connectivity index (χ1n) is 6.85. The lowest BCUT2D eigenvalue weighted by Crippen LogP contribution is -2.03. The summed E-state index contributed by atoms with van der Waals surface area (Å²) in [5, 5.41) is 4.23. The fourth-order valence-electron chi connectivity index (χ4n) is 2.37. The number of thiophene rings is 1. The molecule has 2 aromatic carbocycles. The highest BCUT2D eigenvalue weighted by Gasteiger charge is 2.24. The van der Waals surface area contributed by atoms with Crippen LogP contribution in [0.5, 0.6) is 0 Å². The molecule has 0 atom stereocenters. The number of ether oxygens (including phenoxy) is 1. The normalized spacial score (nSPS) is 16.1. The summed E-state index contributed by atoms with van der Waals surface area (Å²) >= 11 is 1.50. The van der Waals surface area contributed by atoms with Crippen molar-refractivity contribution < 1.29 is 9.53 Å². The van der Waals surface area contributed by atoms with Crippen LogP contribution in [0.25, 0.3) is 16.8 Å². The smallest absolute Gasteiger partial charge is 0.363 e. The van der Waals surface area contributed by atoms with Crippen LogP contribution in [0.4, 0.5) is 0 Å². The molecule has 106 valence electrons. The van der Waals surface area contributed by atoms with Crippen molar-refractivity contribution in [1.29, 1.82) is 0 Å². The Morgan fingerprint density at radius 1 is 1.00 bits per heavy atom. The molecule has 4 rings (SSSR count). The summed E-state index contributed by atoms with van der Waals surface area (Å²) in [6.07, 6.45) is 1.76. The summed E-state index contributed by atoms with van der Waals surface area (Å²) in [5.74, 6) is -0.0244. The Kier molecular flexibility index (Phi) is 3.09. The molecule has 2 heterocycles. The van der Waals surface area contributed by atoms with Crippen molar-refractivity contribution >= 4 is 40.1 Å². The first-order chi connectivity index (χ1) is 10.8. The zero-order chi connectivity index (χ0) is 14.9. The summed E-state index contributed by atoms with van der Waals surface area (Å²) in [4.78, 5) is 17.1. The first kappa shape index (κ1) is 13.0. The van der Waals surface area contributed by atoms with E-state index in [0.29, 0.717) is 11.6 Å². The van der Waals surface area contributed by atoms with Crippen LogP contribution in [0.2, 0.25) is 0 Å². The van der Waals surface area contributed by atoms with Crippen molar-refractivity contribution in [1.82, 2.24) is 0 Å². The number of cyclic esters (lactones) is 1. The maximum Gasteiger partial charge on any atom is 0.363 e. The van der Waals surface area contributed by atoms with E-state index in [0.717, 1.165) is 15.8 Å². The van der Waals surface area contributed by atoms with E-state index < -0.39 is 5.97 Å². The van der Waals surface area contributed by atoms with Crippen LogP contribution in [0, 0.1) is 0 Å². The minimum atomic E-state index is -0.406. The lowest BCUT2D eigenvalue weighted by Gasteiger charge is -1.99. The second kappa shape index (κ2) is 5.24. The van der Waals surface area contributed by atoms with Crippen LogP contribution in [0.3, 0.4) is 0 Å². The molecule has 0 spiro atoms. The Morgan fingerprint density at radius 2 is 1.86 bits per heavy atom. The van der Waals surface area contributed by atoms with Gasteiger partial charge in [-0.3, -0.25) is 0 Å². The van der Waals surface area contributed by atoms with Gasteiger partial charge in [0.15, 0.2) is 5.70 Å². The lowest BCUT2D eigenvalue weighted by molar-refractivity contribution is -0.129. The molecule has 1 aromatic heterocycles. The highest BCUT2D eigenvalue weighted by molar-refractivity contribution is 7.12. The highest BCUT2D eigenvalue weighted by Crippen LogP contribution is 2.23. The van der Waals surface area contributed by atoms with Gasteiger partial charge in [0.1, 0.15) is 0 Å². The third-order valence-corrected chi connectivity index (χ3v) is 4.29. The van der Waals surface area contributed by atoms with E-state index in [4.69, 9.17) is 4.74 Å². The number of hydrogen-bond donors (Lipinski definition) is 0. The number of benzene rings is 2. The molecular weight excluding hydrogens is 294 g/mol. The molecule has 1 aliphatic rings. The molecule has 0 saturated heterocycles. The summed E-state index contributed by atoms with van der Waals surface area (Å²) in [6, 6.07) is 17.9. The molecule has 0 bridgehead atoms. The van der Waals surface area contributed by atoms with Crippen LogP contribution in [0.1, 0.15) is 10.4 Å². The molecule has 0 unspecified atom stereocenters. The van der Waals surface area contributed by atoms with Crippen LogP contribution in [0.15, 0.2) is 70.7 Å². The van der Waals surface area contributed by atoms with Gasteiger partial charge in [0, 0.05) is 0 Å². The molecule has 4 heteroatoms. The van der Waals surface area contributed by atoms with Gasteiger partial charge in [0.25, 0.3) is 0 Å². The van der Waals surface area contributed by atoms with E-state index in [9.17, 15) is 4.79 Å². The average Bonchev–Trinajstić information content (AvgIpc) is 3.18. The van der Waals surface area contributed by atoms with Crippen molar-refractivity contribution in [2.45, 2.75) is 0 Å². The van der Waals surface area contributed by atoms with Crippen molar-refractivity contribution in [3.8, 4) is 0 Å². The van der Waals surface area contributed by atoms with Gasteiger partial charge in [0.2, 0.25) is 5.90 Å². The fraction of sp³-hybridized carbons (Fsp3) is 0. The van der Waals surface area contributed by atoms with E-state index in [2.05, 4.69) is 11.1 Å². The number of rotatable bonds is 2. The standard InChI is InChI=1S/C18H11NO2S/c20-18-15(19-17(21-18)16-6-3-9-22-16)11-12-7-8-13-4-1-2-5-14(13)10-12/h1-11H/b15-11-. The Hall–Kier alpha value is -2.72. The lowest BCUT2D eigenvalue weighted by atomic mass is 10.1. The summed E-state index contributed by atoms with van der Waals surface area (Å²) in [7, 11) is 0. The summed E-state index contributed by atoms with van der Waals surface area (Å²) in [5.41, 5.74) is 1.26. The second-order valence-electron chi connectivity index (χ2n) is 4.92. The van der Waals surface area contributed by atoms with Crippen molar-refractivity contribution in [2.24, 2.45) is 4.99 Å². The summed E-state index contributed by atoms with van der Waals surface area (Å²) in [6.45, 7) is 0. The predicted molar refractivity (Wildman–Crippen MR) is 88.9 cm³/mol. The molecule has 1 aliphatic heterocycles. The maximum absolute atomic E-state index is 11.9. The Balaban J connectivity index is 1.73. The minimum Gasteiger partial charge on any atom is -0.401 e. The minimum absolute atomic E-state index is 0.332.